The molecular weight excluding hydrogens is 202 g/mol. The first kappa shape index (κ1) is 9.42. The Morgan fingerprint density at radius 3 is 3.00 bits per heavy atom. The highest BCUT2D eigenvalue weighted by molar-refractivity contribution is 5.89. The number of amides is 1. The molecule has 1 unspecified atom stereocenters. The standard InChI is InChI=1S/C12H13N3O/c13-12(16)11-10-8(5-6-14-11)7-3-1-2-4-9(7)15-10/h1-4,11,14-15H,5-6H2,(H2,13,16). The number of fused-ring (bicyclic) bond motifs is 3. The number of aromatic nitrogens is 1. The molecule has 1 atom stereocenters. The average Bonchev–Trinajstić information content (AvgIpc) is 2.67. The van der Waals surface area contributed by atoms with E-state index in [2.05, 4.69) is 16.4 Å². The van der Waals surface area contributed by atoms with E-state index in [1.54, 1.807) is 0 Å². The maximum atomic E-state index is 11.3. The second-order valence-corrected chi connectivity index (χ2v) is 4.10. The fourth-order valence-corrected chi connectivity index (χ4v) is 2.42. The minimum absolute atomic E-state index is 0.326. The van der Waals surface area contributed by atoms with E-state index in [1.807, 2.05) is 18.2 Å². The second-order valence-electron chi connectivity index (χ2n) is 4.10. The van der Waals surface area contributed by atoms with E-state index in [-0.39, 0.29) is 11.9 Å². The molecule has 4 N–H and O–H groups in total. The lowest BCUT2D eigenvalue weighted by Gasteiger charge is -2.21. The van der Waals surface area contributed by atoms with E-state index in [4.69, 9.17) is 5.73 Å². The Balaban J connectivity index is 2.25. The number of nitrogens with one attached hydrogen (secondary N) is 2. The molecule has 1 aromatic carbocycles. The molecule has 82 valence electrons. The Morgan fingerprint density at radius 2 is 2.19 bits per heavy atom. The zero-order valence-corrected chi connectivity index (χ0v) is 8.79. The lowest BCUT2D eigenvalue weighted by Crippen LogP contribution is -2.38. The number of hydrogen-bond donors (Lipinski definition) is 3. The van der Waals surface area contributed by atoms with Crippen LogP contribution < -0.4 is 11.1 Å². The first-order chi connectivity index (χ1) is 7.77. The minimum Gasteiger partial charge on any atom is -0.368 e. The van der Waals surface area contributed by atoms with Gasteiger partial charge in [0.15, 0.2) is 0 Å². The topological polar surface area (TPSA) is 70.9 Å². The molecule has 1 aliphatic heterocycles. The quantitative estimate of drug-likeness (QED) is 0.659. The summed E-state index contributed by atoms with van der Waals surface area (Å²) in [5.74, 6) is -0.326. The monoisotopic (exact) mass is 215 g/mol. The molecule has 4 heteroatoms. The maximum absolute atomic E-state index is 11.3. The summed E-state index contributed by atoms with van der Waals surface area (Å²) in [6.07, 6.45) is 0.934. The van der Waals surface area contributed by atoms with Crippen LogP contribution in [0.1, 0.15) is 17.3 Å². The first-order valence-corrected chi connectivity index (χ1v) is 5.39. The maximum Gasteiger partial charge on any atom is 0.240 e. The van der Waals surface area contributed by atoms with Crippen molar-refractivity contribution in [1.82, 2.24) is 10.3 Å². The van der Waals surface area contributed by atoms with Crippen LogP contribution in [0.5, 0.6) is 0 Å². The molecule has 3 rings (SSSR count). The van der Waals surface area contributed by atoms with Gasteiger partial charge in [-0.1, -0.05) is 18.2 Å². The van der Waals surface area contributed by atoms with Crippen LogP contribution >= 0.6 is 0 Å². The highest BCUT2D eigenvalue weighted by Gasteiger charge is 2.27. The zero-order valence-electron chi connectivity index (χ0n) is 8.79. The summed E-state index contributed by atoms with van der Waals surface area (Å²) in [5.41, 5.74) is 8.61. The van der Waals surface area contributed by atoms with Gasteiger partial charge < -0.3 is 16.0 Å². The average molecular weight is 215 g/mol. The highest BCUT2D eigenvalue weighted by Crippen LogP contribution is 2.29. The van der Waals surface area contributed by atoms with Gasteiger partial charge in [-0.05, 0) is 18.1 Å². The highest BCUT2D eigenvalue weighted by atomic mass is 16.1. The van der Waals surface area contributed by atoms with Crippen LogP contribution in [0.2, 0.25) is 0 Å². The molecular formula is C12H13N3O. The van der Waals surface area contributed by atoms with Crippen LogP contribution in [0.4, 0.5) is 0 Å². The number of primary amides is 1. The van der Waals surface area contributed by atoms with Gasteiger partial charge in [0.1, 0.15) is 6.04 Å². The van der Waals surface area contributed by atoms with Gasteiger partial charge in [-0.3, -0.25) is 4.79 Å². The number of carbonyl (C=O) groups excluding carboxylic acids is 1. The third-order valence-electron chi connectivity index (χ3n) is 3.14. The van der Waals surface area contributed by atoms with E-state index in [1.165, 1.54) is 10.9 Å². The van der Waals surface area contributed by atoms with Crippen LogP contribution in [0.25, 0.3) is 10.9 Å². The van der Waals surface area contributed by atoms with Crippen molar-refractivity contribution < 1.29 is 4.79 Å². The summed E-state index contributed by atoms with van der Waals surface area (Å²) in [6, 6.07) is 7.71. The zero-order chi connectivity index (χ0) is 11.1. The third-order valence-corrected chi connectivity index (χ3v) is 3.14. The Bertz CT molecular complexity index is 558. The summed E-state index contributed by atoms with van der Waals surface area (Å²) in [4.78, 5) is 14.6. The molecule has 4 nitrogen and oxygen atoms in total. The van der Waals surface area contributed by atoms with E-state index in [9.17, 15) is 4.79 Å². The predicted octanol–water partition coefficient (Wildman–Crippen LogP) is 0.840. The molecule has 0 saturated heterocycles. The van der Waals surface area contributed by atoms with Gasteiger partial charge in [0.2, 0.25) is 5.91 Å². The Kier molecular flexibility index (Phi) is 1.97. The minimum atomic E-state index is -0.379. The number of benzene rings is 1. The van der Waals surface area contributed by atoms with Gasteiger partial charge in [0.05, 0.1) is 0 Å². The van der Waals surface area contributed by atoms with E-state index in [0.29, 0.717) is 0 Å². The van der Waals surface area contributed by atoms with Crippen molar-refractivity contribution in [3.8, 4) is 0 Å². The number of aromatic amines is 1. The SMILES string of the molecule is NC(=O)C1NCCc2c1[nH]c1ccccc21. The van der Waals surface area contributed by atoms with Gasteiger partial charge in [0.25, 0.3) is 0 Å². The van der Waals surface area contributed by atoms with Crippen LogP contribution in [0, 0.1) is 0 Å². The van der Waals surface area contributed by atoms with Crippen molar-refractivity contribution in [2.45, 2.75) is 12.5 Å². The molecule has 0 saturated carbocycles. The van der Waals surface area contributed by atoms with Gasteiger partial charge in [0, 0.05) is 23.1 Å². The normalized spacial score (nSPS) is 19.6. The molecule has 1 amide bonds. The second kappa shape index (κ2) is 3.35. The van der Waals surface area contributed by atoms with Gasteiger partial charge in [-0.25, -0.2) is 0 Å². The van der Waals surface area contributed by atoms with Gasteiger partial charge >= 0.3 is 0 Å². The van der Waals surface area contributed by atoms with Crippen molar-refractivity contribution >= 4 is 16.8 Å². The van der Waals surface area contributed by atoms with Crippen molar-refractivity contribution in [3.05, 3.63) is 35.5 Å². The number of nitrogens with two attached hydrogens (primary N) is 1. The molecule has 2 heterocycles. The Hall–Kier alpha value is -1.81. The number of hydrogen-bond acceptors (Lipinski definition) is 2. The number of H-pyrrole nitrogens is 1. The van der Waals surface area contributed by atoms with Crippen LogP contribution in [-0.4, -0.2) is 17.4 Å². The smallest absolute Gasteiger partial charge is 0.240 e. The van der Waals surface area contributed by atoms with Crippen LogP contribution in [0.3, 0.4) is 0 Å². The molecule has 0 radical (unpaired) electrons. The summed E-state index contributed by atoms with van der Waals surface area (Å²) >= 11 is 0. The molecule has 0 bridgehead atoms. The van der Waals surface area contributed by atoms with Crippen LogP contribution in [0.15, 0.2) is 24.3 Å². The molecule has 1 aliphatic rings. The first-order valence-electron chi connectivity index (χ1n) is 5.39. The van der Waals surface area contributed by atoms with E-state index < -0.39 is 0 Å². The molecule has 16 heavy (non-hydrogen) atoms. The molecule has 0 spiro atoms. The van der Waals surface area contributed by atoms with E-state index >= 15 is 0 Å². The third kappa shape index (κ3) is 1.23. The Morgan fingerprint density at radius 1 is 1.38 bits per heavy atom. The number of rotatable bonds is 1. The largest absolute Gasteiger partial charge is 0.368 e. The van der Waals surface area contributed by atoms with Crippen molar-refractivity contribution in [2.24, 2.45) is 5.73 Å². The molecule has 0 fully saturated rings. The van der Waals surface area contributed by atoms with Gasteiger partial charge in [-0.15, -0.1) is 0 Å². The van der Waals surface area contributed by atoms with Crippen molar-refractivity contribution in [3.63, 3.8) is 0 Å². The summed E-state index contributed by atoms with van der Waals surface area (Å²) in [6.45, 7) is 0.794. The number of carbonyl (C=O) groups is 1. The fraction of sp³-hybridized carbons (Fsp3) is 0.250. The van der Waals surface area contributed by atoms with E-state index in [0.717, 1.165) is 24.2 Å². The molecule has 1 aromatic heterocycles. The lowest BCUT2D eigenvalue weighted by molar-refractivity contribution is -0.120. The number of para-hydroxylation sites is 1. The van der Waals surface area contributed by atoms with Crippen LogP contribution in [-0.2, 0) is 11.2 Å². The lowest BCUT2D eigenvalue weighted by atomic mass is 9.99. The molecule has 0 aliphatic carbocycles. The summed E-state index contributed by atoms with van der Waals surface area (Å²) < 4.78 is 0. The summed E-state index contributed by atoms with van der Waals surface area (Å²) in [5, 5.41) is 4.33. The van der Waals surface area contributed by atoms with Crippen molar-refractivity contribution in [1.29, 1.82) is 0 Å². The predicted molar refractivity (Wildman–Crippen MR) is 61.9 cm³/mol. The molecule has 2 aromatic rings. The van der Waals surface area contributed by atoms with Crippen molar-refractivity contribution in [2.75, 3.05) is 6.54 Å². The van der Waals surface area contributed by atoms with Gasteiger partial charge in [-0.2, -0.15) is 0 Å². The summed E-state index contributed by atoms with van der Waals surface area (Å²) in [7, 11) is 0. The fourth-order valence-electron chi connectivity index (χ4n) is 2.42. The Labute approximate surface area is 92.8 Å².